The Morgan fingerprint density at radius 1 is 1.05 bits per heavy atom. The molecule has 22 heavy (non-hydrogen) atoms. The van der Waals surface area contributed by atoms with Crippen molar-refractivity contribution in [1.82, 2.24) is 0 Å². The van der Waals surface area contributed by atoms with Crippen LogP contribution in [-0.2, 0) is 0 Å². The van der Waals surface area contributed by atoms with E-state index in [9.17, 15) is 14.7 Å². The molecular weight excluding hydrogens is 300 g/mol. The highest BCUT2D eigenvalue weighted by atomic mass is 32.2. The first kappa shape index (κ1) is 14.4. The summed E-state index contributed by atoms with van der Waals surface area (Å²) in [7, 11) is 0. The van der Waals surface area contributed by atoms with Gasteiger partial charge in [-0.15, -0.1) is 11.8 Å². The van der Waals surface area contributed by atoms with Crippen molar-refractivity contribution in [1.29, 1.82) is 0 Å². The molecule has 0 aliphatic heterocycles. The van der Waals surface area contributed by atoms with Crippen LogP contribution < -0.4 is 5.63 Å². The lowest BCUT2D eigenvalue weighted by Gasteiger charge is -2.09. The fourth-order valence-electron chi connectivity index (χ4n) is 2.40. The number of benzene rings is 2. The summed E-state index contributed by atoms with van der Waals surface area (Å²) in [5.74, 6) is -1.59. The number of carboxylic acids is 1. The van der Waals surface area contributed by atoms with Gasteiger partial charge in [-0.25, -0.2) is 9.59 Å². The molecule has 4 nitrogen and oxygen atoms in total. The van der Waals surface area contributed by atoms with Crippen molar-refractivity contribution in [3.8, 4) is 11.1 Å². The minimum atomic E-state index is -1.26. The van der Waals surface area contributed by atoms with Crippen LogP contribution in [-0.4, -0.2) is 17.3 Å². The van der Waals surface area contributed by atoms with Crippen LogP contribution in [0, 0.1) is 0 Å². The van der Waals surface area contributed by atoms with Crippen LogP contribution in [0.4, 0.5) is 0 Å². The molecule has 0 aliphatic carbocycles. The van der Waals surface area contributed by atoms with Gasteiger partial charge in [0.15, 0.2) is 0 Å². The highest BCUT2D eigenvalue weighted by Gasteiger charge is 2.20. The maximum absolute atomic E-state index is 12.0. The molecule has 0 radical (unpaired) electrons. The van der Waals surface area contributed by atoms with Crippen molar-refractivity contribution in [3.05, 3.63) is 64.7 Å². The van der Waals surface area contributed by atoms with Crippen LogP contribution >= 0.6 is 11.8 Å². The molecule has 0 bridgehead atoms. The predicted octanol–water partition coefficient (Wildman–Crippen LogP) is 3.88. The molecule has 1 N–H and O–H groups in total. The fraction of sp³-hybridized carbons (Fsp3) is 0.0588. The van der Waals surface area contributed by atoms with Gasteiger partial charge in [0.2, 0.25) is 5.76 Å². The van der Waals surface area contributed by atoms with Crippen LogP contribution in [0.15, 0.2) is 62.6 Å². The molecule has 0 spiro atoms. The zero-order valence-corrected chi connectivity index (χ0v) is 12.5. The highest BCUT2D eigenvalue weighted by Crippen LogP contribution is 2.31. The van der Waals surface area contributed by atoms with E-state index < -0.39 is 11.6 Å². The molecule has 0 atom stereocenters. The van der Waals surface area contributed by atoms with Gasteiger partial charge in [-0.1, -0.05) is 30.3 Å². The second-order valence-electron chi connectivity index (χ2n) is 4.67. The molecule has 0 aliphatic rings. The summed E-state index contributed by atoms with van der Waals surface area (Å²) in [4.78, 5) is 24.5. The molecule has 0 amide bonds. The number of fused-ring (bicyclic) bond motifs is 1. The second kappa shape index (κ2) is 5.69. The number of carbonyl (C=O) groups is 1. The molecule has 0 saturated heterocycles. The first-order chi connectivity index (χ1) is 10.6. The van der Waals surface area contributed by atoms with Crippen LogP contribution in [0.25, 0.3) is 21.9 Å². The summed E-state index contributed by atoms with van der Waals surface area (Å²) in [6, 6.07) is 14.3. The van der Waals surface area contributed by atoms with Gasteiger partial charge in [0.1, 0.15) is 0 Å². The molecule has 1 heterocycles. The Labute approximate surface area is 130 Å². The minimum Gasteiger partial charge on any atom is -0.475 e. The Morgan fingerprint density at radius 2 is 1.68 bits per heavy atom. The number of rotatable bonds is 3. The van der Waals surface area contributed by atoms with Gasteiger partial charge in [0.05, 0.1) is 5.39 Å². The lowest BCUT2D eigenvalue weighted by atomic mass is 9.98. The van der Waals surface area contributed by atoms with E-state index in [0.717, 1.165) is 4.90 Å². The SMILES string of the molecule is CSc1ccc(-c2c(C(=O)O)oc(=O)c3ccccc23)cc1. The van der Waals surface area contributed by atoms with Gasteiger partial charge in [0, 0.05) is 15.8 Å². The first-order valence-electron chi connectivity index (χ1n) is 6.55. The van der Waals surface area contributed by atoms with Crippen molar-refractivity contribution in [3.63, 3.8) is 0 Å². The molecule has 3 rings (SSSR count). The summed E-state index contributed by atoms with van der Waals surface area (Å²) in [5.41, 5.74) is 0.489. The monoisotopic (exact) mass is 312 g/mol. The van der Waals surface area contributed by atoms with E-state index in [-0.39, 0.29) is 5.76 Å². The molecule has 0 fully saturated rings. The van der Waals surface area contributed by atoms with Gasteiger partial charge in [-0.3, -0.25) is 0 Å². The van der Waals surface area contributed by atoms with Gasteiger partial charge < -0.3 is 9.52 Å². The average Bonchev–Trinajstić information content (AvgIpc) is 2.55. The minimum absolute atomic E-state index is 0.333. The third-order valence-electron chi connectivity index (χ3n) is 3.41. The zero-order valence-electron chi connectivity index (χ0n) is 11.7. The number of carboxylic acid groups (broad SMARTS) is 1. The Kier molecular flexibility index (Phi) is 3.73. The Morgan fingerprint density at radius 3 is 2.27 bits per heavy atom. The largest absolute Gasteiger partial charge is 0.475 e. The highest BCUT2D eigenvalue weighted by molar-refractivity contribution is 7.98. The van der Waals surface area contributed by atoms with Crippen molar-refractivity contribution < 1.29 is 14.3 Å². The van der Waals surface area contributed by atoms with E-state index in [0.29, 0.717) is 21.9 Å². The number of thioether (sulfide) groups is 1. The standard InChI is InChI=1S/C17H12O4S/c1-22-11-8-6-10(7-9-11)14-12-4-2-3-5-13(12)17(20)21-15(14)16(18)19/h2-9H,1H3,(H,18,19). The van der Waals surface area contributed by atoms with E-state index in [4.69, 9.17) is 4.42 Å². The molecular formula is C17H12O4S. The number of hydrogen-bond donors (Lipinski definition) is 1. The predicted molar refractivity (Wildman–Crippen MR) is 86.7 cm³/mol. The third-order valence-corrected chi connectivity index (χ3v) is 4.15. The molecule has 110 valence electrons. The van der Waals surface area contributed by atoms with Gasteiger partial charge in [0.25, 0.3) is 0 Å². The topological polar surface area (TPSA) is 67.5 Å². The molecule has 5 heteroatoms. The van der Waals surface area contributed by atoms with Gasteiger partial charge >= 0.3 is 11.6 Å². The van der Waals surface area contributed by atoms with Crippen LogP contribution in [0.3, 0.4) is 0 Å². The Bertz CT molecular complexity index is 910. The van der Waals surface area contributed by atoms with Gasteiger partial charge in [-0.2, -0.15) is 0 Å². The molecule has 2 aromatic carbocycles. The van der Waals surface area contributed by atoms with E-state index in [1.54, 1.807) is 36.0 Å². The van der Waals surface area contributed by atoms with Crippen LogP contribution in [0.1, 0.15) is 10.6 Å². The lowest BCUT2D eigenvalue weighted by Crippen LogP contribution is -2.09. The molecule has 3 aromatic rings. The summed E-state index contributed by atoms with van der Waals surface area (Å²) in [5, 5.41) is 10.3. The molecule has 0 saturated carbocycles. The molecule has 0 unspecified atom stereocenters. The lowest BCUT2D eigenvalue weighted by molar-refractivity contribution is 0.0659. The zero-order chi connectivity index (χ0) is 15.7. The van der Waals surface area contributed by atoms with Crippen molar-refractivity contribution >= 4 is 28.5 Å². The maximum atomic E-state index is 12.0. The van der Waals surface area contributed by atoms with Crippen molar-refractivity contribution in [2.75, 3.05) is 6.26 Å². The Balaban J connectivity index is 2.39. The second-order valence-corrected chi connectivity index (χ2v) is 5.55. The smallest absolute Gasteiger partial charge is 0.372 e. The van der Waals surface area contributed by atoms with Crippen molar-refractivity contribution in [2.24, 2.45) is 0 Å². The summed E-state index contributed by atoms with van der Waals surface area (Å²) in [6.07, 6.45) is 1.97. The normalized spacial score (nSPS) is 10.8. The van der Waals surface area contributed by atoms with Crippen LogP contribution in [0.5, 0.6) is 0 Å². The molecule has 1 aromatic heterocycles. The van der Waals surface area contributed by atoms with E-state index in [2.05, 4.69) is 0 Å². The first-order valence-corrected chi connectivity index (χ1v) is 7.78. The van der Waals surface area contributed by atoms with E-state index in [1.165, 1.54) is 0 Å². The maximum Gasteiger partial charge on any atom is 0.372 e. The third kappa shape index (κ3) is 2.40. The quantitative estimate of drug-likeness (QED) is 0.743. The summed E-state index contributed by atoms with van der Waals surface area (Å²) >= 11 is 1.60. The van der Waals surface area contributed by atoms with Gasteiger partial charge in [-0.05, 0) is 30.0 Å². The van der Waals surface area contributed by atoms with E-state index >= 15 is 0 Å². The average molecular weight is 312 g/mol. The number of aromatic carboxylic acids is 1. The summed E-state index contributed by atoms with van der Waals surface area (Å²) in [6.45, 7) is 0. The van der Waals surface area contributed by atoms with Crippen molar-refractivity contribution in [2.45, 2.75) is 4.90 Å². The Hall–Kier alpha value is -2.53. The van der Waals surface area contributed by atoms with E-state index in [1.807, 2.05) is 30.5 Å². The van der Waals surface area contributed by atoms with Crippen LogP contribution in [0.2, 0.25) is 0 Å². The number of hydrogen-bond acceptors (Lipinski definition) is 4. The fourth-order valence-corrected chi connectivity index (χ4v) is 2.80. The summed E-state index contributed by atoms with van der Waals surface area (Å²) < 4.78 is 5.03.